The maximum Gasteiger partial charge on any atom is 0.0580 e. The van der Waals surface area contributed by atoms with E-state index in [0.29, 0.717) is 0 Å². The summed E-state index contributed by atoms with van der Waals surface area (Å²) in [4.78, 5) is 0. The highest BCUT2D eigenvalue weighted by Gasteiger charge is 2.18. The first kappa shape index (κ1) is 10.3. The molecule has 82 valence electrons. The summed E-state index contributed by atoms with van der Waals surface area (Å²) in [6, 6.07) is 4.33. The molecule has 15 heavy (non-hydrogen) atoms. The molecule has 0 amide bonds. The van der Waals surface area contributed by atoms with Gasteiger partial charge < -0.3 is 11.5 Å². The lowest BCUT2D eigenvalue weighted by Crippen LogP contribution is -2.03. The summed E-state index contributed by atoms with van der Waals surface area (Å²) in [7, 11) is 0. The monoisotopic (exact) mass is 204 g/mol. The number of nitrogens with two attached hydrogens (primary N) is 2. The van der Waals surface area contributed by atoms with Crippen molar-refractivity contribution in [1.82, 2.24) is 0 Å². The summed E-state index contributed by atoms with van der Waals surface area (Å²) < 4.78 is 0. The molecule has 1 fully saturated rings. The number of aryl methyl sites for hydroxylation is 1. The van der Waals surface area contributed by atoms with Gasteiger partial charge in [0.15, 0.2) is 0 Å². The summed E-state index contributed by atoms with van der Waals surface area (Å²) in [5.41, 5.74) is 16.0. The van der Waals surface area contributed by atoms with Gasteiger partial charge in [0.1, 0.15) is 0 Å². The van der Waals surface area contributed by atoms with E-state index in [0.717, 1.165) is 23.7 Å². The molecule has 1 aromatic carbocycles. The zero-order valence-corrected chi connectivity index (χ0v) is 9.42. The van der Waals surface area contributed by atoms with E-state index in [9.17, 15) is 0 Å². The van der Waals surface area contributed by atoms with Gasteiger partial charge in [-0.1, -0.05) is 25.8 Å². The van der Waals surface area contributed by atoms with Crippen molar-refractivity contribution in [3.8, 4) is 0 Å². The van der Waals surface area contributed by atoms with Crippen LogP contribution in [0.25, 0.3) is 0 Å². The third-order valence-corrected chi connectivity index (χ3v) is 3.53. The molecule has 0 radical (unpaired) electrons. The molecule has 0 unspecified atom stereocenters. The molecule has 0 saturated heterocycles. The Balaban J connectivity index is 2.35. The SMILES string of the molecule is CCc1cc(C2CCCC2)cc(N)c1N. The molecule has 4 N–H and O–H groups in total. The predicted molar refractivity (Wildman–Crippen MR) is 65.9 cm³/mol. The standard InChI is InChI=1S/C13H20N2/c1-2-9-7-11(8-12(14)13(9)15)10-5-3-4-6-10/h7-8,10H,2-6,14-15H2,1H3. The van der Waals surface area contributed by atoms with Crippen LogP contribution >= 0.6 is 0 Å². The van der Waals surface area contributed by atoms with Crippen molar-refractivity contribution in [1.29, 1.82) is 0 Å². The Morgan fingerprint density at radius 2 is 1.87 bits per heavy atom. The van der Waals surface area contributed by atoms with Gasteiger partial charge in [0, 0.05) is 0 Å². The Labute approximate surface area is 91.7 Å². The van der Waals surface area contributed by atoms with Crippen LogP contribution in [0.2, 0.25) is 0 Å². The molecule has 0 atom stereocenters. The van der Waals surface area contributed by atoms with Gasteiger partial charge >= 0.3 is 0 Å². The minimum Gasteiger partial charge on any atom is -0.397 e. The molecule has 1 saturated carbocycles. The maximum absolute atomic E-state index is 5.94. The second kappa shape index (κ2) is 4.13. The van der Waals surface area contributed by atoms with Gasteiger partial charge in [-0.2, -0.15) is 0 Å². The molecule has 0 aliphatic heterocycles. The van der Waals surface area contributed by atoms with Crippen LogP contribution in [0.1, 0.15) is 49.7 Å². The van der Waals surface area contributed by atoms with E-state index in [1.165, 1.54) is 36.8 Å². The van der Waals surface area contributed by atoms with Crippen LogP contribution in [-0.4, -0.2) is 0 Å². The van der Waals surface area contributed by atoms with Gasteiger partial charge in [0.25, 0.3) is 0 Å². The van der Waals surface area contributed by atoms with Crippen molar-refractivity contribution in [2.24, 2.45) is 0 Å². The molecule has 0 bridgehead atoms. The minimum atomic E-state index is 0.721. The number of hydrogen-bond donors (Lipinski definition) is 2. The smallest absolute Gasteiger partial charge is 0.0580 e. The van der Waals surface area contributed by atoms with Crippen molar-refractivity contribution < 1.29 is 0 Å². The second-order valence-electron chi connectivity index (χ2n) is 4.52. The Bertz CT molecular complexity index is 352. The number of rotatable bonds is 2. The highest BCUT2D eigenvalue weighted by atomic mass is 14.7. The van der Waals surface area contributed by atoms with E-state index in [-0.39, 0.29) is 0 Å². The summed E-state index contributed by atoms with van der Waals surface area (Å²) in [5, 5.41) is 0. The maximum atomic E-state index is 5.94. The van der Waals surface area contributed by atoms with Crippen LogP contribution in [0, 0.1) is 0 Å². The van der Waals surface area contributed by atoms with Gasteiger partial charge in [0.2, 0.25) is 0 Å². The quantitative estimate of drug-likeness (QED) is 0.727. The van der Waals surface area contributed by atoms with E-state index in [2.05, 4.69) is 19.1 Å². The lowest BCUT2D eigenvalue weighted by atomic mass is 9.94. The fraction of sp³-hybridized carbons (Fsp3) is 0.538. The first-order valence-electron chi connectivity index (χ1n) is 5.90. The topological polar surface area (TPSA) is 52.0 Å². The first-order valence-corrected chi connectivity index (χ1v) is 5.90. The van der Waals surface area contributed by atoms with Gasteiger partial charge in [-0.15, -0.1) is 0 Å². The Kier molecular flexibility index (Phi) is 2.85. The fourth-order valence-corrected chi connectivity index (χ4v) is 2.55. The molecule has 2 nitrogen and oxygen atoms in total. The fourth-order valence-electron chi connectivity index (χ4n) is 2.55. The van der Waals surface area contributed by atoms with E-state index in [1.807, 2.05) is 0 Å². The molecule has 1 aliphatic rings. The second-order valence-corrected chi connectivity index (χ2v) is 4.52. The van der Waals surface area contributed by atoms with Crippen molar-refractivity contribution in [3.63, 3.8) is 0 Å². The highest BCUT2D eigenvalue weighted by molar-refractivity contribution is 5.69. The number of hydrogen-bond acceptors (Lipinski definition) is 2. The normalized spacial score (nSPS) is 17.1. The van der Waals surface area contributed by atoms with Gasteiger partial charge in [-0.05, 0) is 42.4 Å². The Morgan fingerprint density at radius 3 is 2.47 bits per heavy atom. The number of benzene rings is 1. The van der Waals surface area contributed by atoms with Crippen molar-refractivity contribution >= 4 is 11.4 Å². The van der Waals surface area contributed by atoms with E-state index in [4.69, 9.17) is 11.5 Å². The third-order valence-electron chi connectivity index (χ3n) is 3.53. The zero-order chi connectivity index (χ0) is 10.8. The number of nitrogen functional groups attached to an aromatic ring is 2. The molecule has 0 spiro atoms. The van der Waals surface area contributed by atoms with Crippen LogP contribution in [0.4, 0.5) is 11.4 Å². The van der Waals surface area contributed by atoms with Crippen molar-refractivity contribution in [2.75, 3.05) is 11.5 Å². The summed E-state index contributed by atoms with van der Waals surface area (Å²) in [6.07, 6.45) is 6.31. The van der Waals surface area contributed by atoms with Crippen LogP contribution in [0.15, 0.2) is 12.1 Å². The highest BCUT2D eigenvalue weighted by Crippen LogP contribution is 2.37. The molecular weight excluding hydrogens is 184 g/mol. The summed E-state index contributed by atoms with van der Waals surface area (Å²) >= 11 is 0. The average molecular weight is 204 g/mol. The van der Waals surface area contributed by atoms with E-state index < -0.39 is 0 Å². The van der Waals surface area contributed by atoms with Gasteiger partial charge in [0.05, 0.1) is 11.4 Å². The van der Waals surface area contributed by atoms with Gasteiger partial charge in [-0.3, -0.25) is 0 Å². The first-order chi connectivity index (χ1) is 7.22. The zero-order valence-electron chi connectivity index (χ0n) is 9.42. The molecule has 2 rings (SSSR count). The average Bonchev–Trinajstić information content (AvgIpc) is 2.75. The van der Waals surface area contributed by atoms with Crippen LogP contribution in [-0.2, 0) is 6.42 Å². The lowest BCUT2D eigenvalue weighted by molar-refractivity contribution is 0.722. The van der Waals surface area contributed by atoms with Crippen LogP contribution in [0.3, 0.4) is 0 Å². The molecule has 1 aromatic rings. The summed E-state index contributed by atoms with van der Waals surface area (Å²) in [5.74, 6) is 0.721. The van der Waals surface area contributed by atoms with Crippen molar-refractivity contribution in [2.45, 2.75) is 44.9 Å². The third kappa shape index (κ3) is 1.94. The number of anilines is 2. The van der Waals surface area contributed by atoms with Crippen LogP contribution < -0.4 is 11.5 Å². The Morgan fingerprint density at radius 1 is 1.20 bits per heavy atom. The molecular formula is C13H20N2. The molecule has 0 aromatic heterocycles. The Hall–Kier alpha value is -1.18. The van der Waals surface area contributed by atoms with Crippen molar-refractivity contribution in [3.05, 3.63) is 23.3 Å². The molecule has 2 heteroatoms. The predicted octanol–water partition coefficient (Wildman–Crippen LogP) is 3.07. The molecule has 1 aliphatic carbocycles. The summed E-state index contributed by atoms with van der Waals surface area (Å²) in [6.45, 7) is 2.13. The van der Waals surface area contributed by atoms with Gasteiger partial charge in [-0.25, -0.2) is 0 Å². The molecule has 0 heterocycles. The largest absolute Gasteiger partial charge is 0.397 e. The van der Waals surface area contributed by atoms with Crippen LogP contribution in [0.5, 0.6) is 0 Å². The van der Waals surface area contributed by atoms with E-state index >= 15 is 0 Å². The lowest BCUT2D eigenvalue weighted by Gasteiger charge is -2.14. The minimum absolute atomic E-state index is 0.721. The van der Waals surface area contributed by atoms with E-state index in [1.54, 1.807) is 0 Å².